The van der Waals surface area contributed by atoms with Crippen LogP contribution in [0.2, 0.25) is 0 Å². The molecule has 112 valence electrons. The fourth-order valence-electron chi connectivity index (χ4n) is 2.17. The second-order valence-electron chi connectivity index (χ2n) is 5.12. The van der Waals surface area contributed by atoms with E-state index < -0.39 is 10.0 Å². The molecule has 0 aliphatic carbocycles. The van der Waals surface area contributed by atoms with Crippen molar-refractivity contribution in [2.24, 2.45) is 0 Å². The Morgan fingerprint density at radius 1 is 1.25 bits per heavy atom. The molecule has 1 aromatic carbocycles. The molecule has 6 nitrogen and oxygen atoms in total. The van der Waals surface area contributed by atoms with Crippen molar-refractivity contribution in [3.8, 4) is 0 Å². The SMILES string of the molecule is CN1CCN(CCNS(=O)(=O)c2cccc(N)c2)CC1. The molecule has 0 bridgehead atoms. The van der Waals surface area contributed by atoms with E-state index in [0.29, 0.717) is 12.2 Å². The van der Waals surface area contributed by atoms with Gasteiger partial charge in [0, 0.05) is 45.0 Å². The maximum atomic E-state index is 12.1. The number of nitrogens with zero attached hydrogens (tertiary/aromatic N) is 2. The summed E-state index contributed by atoms with van der Waals surface area (Å²) in [6.07, 6.45) is 0. The van der Waals surface area contributed by atoms with Crippen LogP contribution in [-0.2, 0) is 10.0 Å². The van der Waals surface area contributed by atoms with Crippen LogP contribution in [0.5, 0.6) is 0 Å². The number of benzene rings is 1. The third-order valence-corrected chi connectivity index (χ3v) is 4.94. The molecular formula is C13H22N4O2S. The van der Waals surface area contributed by atoms with Gasteiger partial charge in [0.2, 0.25) is 10.0 Å². The van der Waals surface area contributed by atoms with Crippen LogP contribution in [-0.4, -0.2) is 64.5 Å². The summed E-state index contributed by atoms with van der Waals surface area (Å²) in [5, 5.41) is 0. The normalized spacial score (nSPS) is 18.2. The molecule has 0 unspecified atom stereocenters. The fraction of sp³-hybridized carbons (Fsp3) is 0.538. The first-order chi connectivity index (χ1) is 9.47. The zero-order valence-corrected chi connectivity index (χ0v) is 12.6. The molecule has 0 atom stereocenters. The molecule has 0 spiro atoms. The maximum absolute atomic E-state index is 12.1. The quantitative estimate of drug-likeness (QED) is 0.736. The van der Waals surface area contributed by atoms with E-state index in [2.05, 4.69) is 21.6 Å². The van der Waals surface area contributed by atoms with E-state index in [9.17, 15) is 8.42 Å². The number of likely N-dealkylation sites (N-methyl/N-ethyl adjacent to an activating group) is 1. The molecule has 1 aromatic rings. The van der Waals surface area contributed by atoms with Crippen molar-refractivity contribution in [3.05, 3.63) is 24.3 Å². The molecule has 1 fully saturated rings. The van der Waals surface area contributed by atoms with Crippen molar-refractivity contribution >= 4 is 15.7 Å². The first-order valence-electron chi connectivity index (χ1n) is 6.73. The first kappa shape index (κ1) is 15.2. The van der Waals surface area contributed by atoms with Crippen LogP contribution < -0.4 is 10.5 Å². The van der Waals surface area contributed by atoms with Gasteiger partial charge in [-0.25, -0.2) is 13.1 Å². The summed E-state index contributed by atoms with van der Waals surface area (Å²) in [4.78, 5) is 4.76. The molecule has 0 amide bonds. The maximum Gasteiger partial charge on any atom is 0.240 e. The highest BCUT2D eigenvalue weighted by Crippen LogP contribution is 2.12. The Labute approximate surface area is 120 Å². The Morgan fingerprint density at radius 3 is 2.60 bits per heavy atom. The van der Waals surface area contributed by atoms with Crippen molar-refractivity contribution < 1.29 is 8.42 Å². The average molecular weight is 298 g/mol. The summed E-state index contributed by atoms with van der Waals surface area (Å²) in [7, 11) is -1.36. The number of anilines is 1. The number of hydrogen-bond donors (Lipinski definition) is 2. The standard InChI is InChI=1S/C13H22N4O2S/c1-16-7-9-17(10-8-16)6-5-15-20(18,19)13-4-2-3-12(14)11-13/h2-4,11,15H,5-10,14H2,1H3. The molecule has 20 heavy (non-hydrogen) atoms. The Hall–Kier alpha value is -1.15. The summed E-state index contributed by atoms with van der Waals surface area (Å²) in [6.45, 7) is 5.17. The number of nitrogens with one attached hydrogen (secondary N) is 1. The van der Waals surface area contributed by atoms with Gasteiger partial charge in [-0.1, -0.05) is 6.07 Å². The van der Waals surface area contributed by atoms with E-state index in [1.165, 1.54) is 6.07 Å². The van der Waals surface area contributed by atoms with Crippen LogP contribution in [0.4, 0.5) is 5.69 Å². The van der Waals surface area contributed by atoms with E-state index in [0.717, 1.165) is 32.7 Å². The third-order valence-electron chi connectivity index (χ3n) is 3.48. The summed E-state index contributed by atoms with van der Waals surface area (Å²) in [5.74, 6) is 0. The Balaban J connectivity index is 1.84. The van der Waals surface area contributed by atoms with Crippen LogP contribution in [0, 0.1) is 0 Å². The summed E-state index contributed by atoms with van der Waals surface area (Å²) in [6, 6.07) is 6.33. The smallest absolute Gasteiger partial charge is 0.240 e. The van der Waals surface area contributed by atoms with E-state index in [-0.39, 0.29) is 4.90 Å². The molecule has 3 N–H and O–H groups in total. The van der Waals surface area contributed by atoms with E-state index >= 15 is 0 Å². The number of sulfonamides is 1. The van der Waals surface area contributed by atoms with E-state index in [1.54, 1.807) is 18.2 Å². The monoisotopic (exact) mass is 298 g/mol. The van der Waals surface area contributed by atoms with Crippen LogP contribution >= 0.6 is 0 Å². The lowest BCUT2D eigenvalue weighted by molar-refractivity contribution is 0.156. The number of nitrogen functional groups attached to an aromatic ring is 1. The summed E-state index contributed by atoms with van der Waals surface area (Å²) < 4.78 is 26.8. The largest absolute Gasteiger partial charge is 0.399 e. The van der Waals surface area contributed by atoms with Gasteiger partial charge in [-0.3, -0.25) is 4.90 Å². The minimum Gasteiger partial charge on any atom is -0.399 e. The molecule has 0 aromatic heterocycles. The summed E-state index contributed by atoms with van der Waals surface area (Å²) >= 11 is 0. The van der Waals surface area contributed by atoms with Crippen molar-refractivity contribution in [1.82, 2.24) is 14.5 Å². The molecule has 2 rings (SSSR count). The van der Waals surface area contributed by atoms with Gasteiger partial charge in [-0.15, -0.1) is 0 Å². The lowest BCUT2D eigenvalue weighted by Crippen LogP contribution is -2.46. The van der Waals surface area contributed by atoms with Gasteiger partial charge in [0.05, 0.1) is 4.90 Å². The topological polar surface area (TPSA) is 78.7 Å². The van der Waals surface area contributed by atoms with Crippen LogP contribution in [0.25, 0.3) is 0 Å². The van der Waals surface area contributed by atoms with Crippen molar-refractivity contribution in [2.75, 3.05) is 52.0 Å². The Bertz CT molecular complexity index is 539. The van der Waals surface area contributed by atoms with Gasteiger partial charge in [-0.05, 0) is 25.2 Å². The fourth-order valence-corrected chi connectivity index (χ4v) is 3.25. The molecule has 1 heterocycles. The molecule has 1 aliphatic heterocycles. The van der Waals surface area contributed by atoms with Gasteiger partial charge in [0.25, 0.3) is 0 Å². The molecule has 0 radical (unpaired) electrons. The predicted octanol–water partition coefficient (Wildman–Crippen LogP) is -0.205. The highest BCUT2D eigenvalue weighted by molar-refractivity contribution is 7.89. The highest BCUT2D eigenvalue weighted by atomic mass is 32.2. The van der Waals surface area contributed by atoms with E-state index in [1.807, 2.05) is 0 Å². The lowest BCUT2D eigenvalue weighted by Gasteiger charge is -2.32. The van der Waals surface area contributed by atoms with Gasteiger partial charge in [-0.2, -0.15) is 0 Å². The summed E-state index contributed by atoms with van der Waals surface area (Å²) in [5.41, 5.74) is 6.06. The van der Waals surface area contributed by atoms with Gasteiger partial charge in [0.1, 0.15) is 0 Å². The predicted molar refractivity (Wildman–Crippen MR) is 80.0 cm³/mol. The van der Waals surface area contributed by atoms with Crippen molar-refractivity contribution in [1.29, 1.82) is 0 Å². The van der Waals surface area contributed by atoms with Gasteiger partial charge >= 0.3 is 0 Å². The van der Waals surface area contributed by atoms with Gasteiger partial charge in [0.15, 0.2) is 0 Å². The van der Waals surface area contributed by atoms with E-state index in [4.69, 9.17) is 5.73 Å². The number of rotatable bonds is 5. The third kappa shape index (κ3) is 4.17. The molecule has 7 heteroatoms. The number of nitrogens with two attached hydrogens (primary N) is 1. The zero-order valence-electron chi connectivity index (χ0n) is 11.7. The average Bonchev–Trinajstić information content (AvgIpc) is 2.41. The molecular weight excluding hydrogens is 276 g/mol. The minimum absolute atomic E-state index is 0.218. The minimum atomic E-state index is -3.46. The highest BCUT2D eigenvalue weighted by Gasteiger charge is 2.16. The van der Waals surface area contributed by atoms with Crippen molar-refractivity contribution in [2.45, 2.75) is 4.90 Å². The number of piperazine rings is 1. The van der Waals surface area contributed by atoms with Gasteiger partial charge < -0.3 is 10.6 Å². The second-order valence-corrected chi connectivity index (χ2v) is 6.88. The van der Waals surface area contributed by atoms with Crippen molar-refractivity contribution in [3.63, 3.8) is 0 Å². The molecule has 1 saturated heterocycles. The Morgan fingerprint density at radius 2 is 1.95 bits per heavy atom. The molecule has 1 aliphatic rings. The number of hydrogen-bond acceptors (Lipinski definition) is 5. The van der Waals surface area contributed by atoms with Crippen LogP contribution in [0.15, 0.2) is 29.2 Å². The van der Waals surface area contributed by atoms with Crippen LogP contribution in [0.3, 0.4) is 0 Å². The first-order valence-corrected chi connectivity index (χ1v) is 8.22. The zero-order chi connectivity index (χ0) is 14.6. The lowest BCUT2D eigenvalue weighted by atomic mass is 10.3. The second kappa shape index (κ2) is 6.53. The molecule has 0 saturated carbocycles. The Kier molecular flexibility index (Phi) is 4.98. The van der Waals surface area contributed by atoms with Crippen LogP contribution in [0.1, 0.15) is 0 Å².